The van der Waals surface area contributed by atoms with Crippen molar-refractivity contribution in [3.63, 3.8) is 0 Å². The predicted molar refractivity (Wildman–Crippen MR) is 76.7 cm³/mol. The van der Waals surface area contributed by atoms with Gasteiger partial charge in [0.15, 0.2) is 0 Å². The van der Waals surface area contributed by atoms with E-state index in [1.54, 1.807) is 0 Å². The molecule has 0 bridgehead atoms. The Balaban J connectivity index is 1.66. The molecule has 114 valence electrons. The van der Waals surface area contributed by atoms with Crippen LogP contribution in [0.2, 0.25) is 0 Å². The first kappa shape index (κ1) is 15.3. The summed E-state index contributed by atoms with van der Waals surface area (Å²) >= 11 is 0. The van der Waals surface area contributed by atoms with E-state index >= 15 is 0 Å². The zero-order valence-corrected chi connectivity index (χ0v) is 12.0. The zero-order chi connectivity index (χ0) is 14.5. The van der Waals surface area contributed by atoms with Crippen LogP contribution in [-0.4, -0.2) is 48.4 Å². The van der Waals surface area contributed by atoms with Gasteiger partial charge in [-0.15, -0.1) is 0 Å². The lowest BCUT2D eigenvalue weighted by Gasteiger charge is -2.31. The second-order valence-electron chi connectivity index (χ2n) is 6.13. The molecule has 2 amide bonds. The second kappa shape index (κ2) is 7.04. The lowest BCUT2D eigenvalue weighted by molar-refractivity contribution is -0.124. The minimum atomic E-state index is -0.209. The molecule has 0 aromatic rings. The Hall–Kier alpha value is -1.14. The molecule has 0 atom stereocenters. The monoisotopic (exact) mass is 282 g/mol. The van der Waals surface area contributed by atoms with Crippen molar-refractivity contribution in [1.29, 1.82) is 0 Å². The number of piperidine rings is 1. The molecule has 6 heteroatoms. The Morgan fingerprint density at radius 3 is 2.20 bits per heavy atom. The molecule has 2 rings (SSSR count). The zero-order valence-electron chi connectivity index (χ0n) is 12.0. The highest BCUT2D eigenvalue weighted by atomic mass is 16.2. The summed E-state index contributed by atoms with van der Waals surface area (Å²) in [5.41, 5.74) is 11.2. The topological polar surface area (TPSA) is 101 Å². The van der Waals surface area contributed by atoms with Gasteiger partial charge in [0.05, 0.1) is 6.54 Å². The van der Waals surface area contributed by atoms with E-state index in [1.807, 2.05) is 0 Å². The molecule has 0 aromatic heterocycles. The number of nitrogens with zero attached hydrogens (tertiary/aromatic N) is 1. The lowest BCUT2D eigenvalue weighted by Crippen LogP contribution is -2.47. The Labute approximate surface area is 120 Å². The molecule has 0 aromatic carbocycles. The predicted octanol–water partition coefficient (Wildman–Crippen LogP) is -0.430. The molecule has 5 N–H and O–H groups in total. The van der Waals surface area contributed by atoms with Gasteiger partial charge in [0, 0.05) is 31.1 Å². The van der Waals surface area contributed by atoms with Crippen LogP contribution in [0.15, 0.2) is 0 Å². The highest BCUT2D eigenvalue weighted by molar-refractivity contribution is 5.78. The molecule has 0 unspecified atom stereocenters. The molecule has 1 aliphatic heterocycles. The van der Waals surface area contributed by atoms with E-state index in [0.29, 0.717) is 12.6 Å². The second-order valence-corrected chi connectivity index (χ2v) is 6.13. The summed E-state index contributed by atoms with van der Waals surface area (Å²) in [6.45, 7) is 2.27. The first-order valence-corrected chi connectivity index (χ1v) is 7.61. The molecule has 0 radical (unpaired) electrons. The van der Waals surface area contributed by atoms with E-state index in [2.05, 4.69) is 10.2 Å². The summed E-state index contributed by atoms with van der Waals surface area (Å²) in [5.74, 6) is -0.130. The minimum absolute atomic E-state index is 0.00765. The van der Waals surface area contributed by atoms with Crippen molar-refractivity contribution in [3.05, 3.63) is 0 Å². The van der Waals surface area contributed by atoms with Crippen molar-refractivity contribution in [2.24, 2.45) is 17.4 Å². The quantitative estimate of drug-likeness (QED) is 0.651. The third-order valence-corrected chi connectivity index (χ3v) is 4.49. The molecule has 6 nitrogen and oxygen atoms in total. The van der Waals surface area contributed by atoms with E-state index in [9.17, 15) is 9.59 Å². The number of hydrogen-bond acceptors (Lipinski definition) is 4. The van der Waals surface area contributed by atoms with Crippen LogP contribution in [-0.2, 0) is 9.59 Å². The molecule has 0 spiro atoms. The summed E-state index contributed by atoms with van der Waals surface area (Å²) in [7, 11) is 0. The summed E-state index contributed by atoms with van der Waals surface area (Å²) in [6, 6.07) is 0.489. The molecule has 1 aliphatic carbocycles. The minimum Gasteiger partial charge on any atom is -0.369 e. The number of hydrogen-bond donors (Lipinski definition) is 3. The van der Waals surface area contributed by atoms with Gasteiger partial charge in [-0.2, -0.15) is 0 Å². The number of nitrogens with one attached hydrogen (secondary N) is 1. The largest absolute Gasteiger partial charge is 0.369 e. The number of carbonyl (C=O) groups is 2. The third kappa shape index (κ3) is 4.45. The molecule has 1 saturated heterocycles. The van der Waals surface area contributed by atoms with Gasteiger partial charge in [-0.1, -0.05) is 0 Å². The molecule has 2 aliphatic rings. The highest BCUT2D eigenvalue weighted by Gasteiger charge is 2.26. The van der Waals surface area contributed by atoms with Crippen molar-refractivity contribution < 1.29 is 9.59 Å². The molecule has 1 heterocycles. The van der Waals surface area contributed by atoms with Gasteiger partial charge in [0.25, 0.3) is 0 Å². The van der Waals surface area contributed by atoms with E-state index in [4.69, 9.17) is 11.5 Å². The Bertz CT molecular complexity index is 345. The average Bonchev–Trinajstić information content (AvgIpc) is 2.42. The van der Waals surface area contributed by atoms with Gasteiger partial charge in [-0.25, -0.2) is 0 Å². The lowest BCUT2D eigenvalue weighted by atomic mass is 9.85. The van der Waals surface area contributed by atoms with Crippen LogP contribution in [0.1, 0.15) is 38.5 Å². The van der Waals surface area contributed by atoms with Crippen LogP contribution in [0.25, 0.3) is 0 Å². The molecule has 20 heavy (non-hydrogen) atoms. The Morgan fingerprint density at radius 2 is 1.65 bits per heavy atom. The van der Waals surface area contributed by atoms with Crippen LogP contribution in [0.5, 0.6) is 0 Å². The Morgan fingerprint density at radius 1 is 1.05 bits per heavy atom. The van der Waals surface area contributed by atoms with E-state index in [0.717, 1.165) is 51.6 Å². The summed E-state index contributed by atoms with van der Waals surface area (Å²) in [4.78, 5) is 25.3. The third-order valence-electron chi connectivity index (χ3n) is 4.49. The van der Waals surface area contributed by atoms with E-state index in [-0.39, 0.29) is 23.8 Å². The molecule has 1 saturated carbocycles. The van der Waals surface area contributed by atoms with E-state index in [1.165, 1.54) is 0 Å². The maximum Gasteiger partial charge on any atom is 0.234 e. The standard InChI is InChI=1S/C14H26N4O2/c15-11-5-7-18(8-6-11)9-13(19)17-12-3-1-10(2-4-12)14(16)20/h10-12H,1-9,15H2,(H2,16,20)(H,17,19). The van der Waals surface area contributed by atoms with E-state index < -0.39 is 0 Å². The van der Waals surface area contributed by atoms with Crippen molar-refractivity contribution in [2.75, 3.05) is 19.6 Å². The van der Waals surface area contributed by atoms with Crippen molar-refractivity contribution in [3.8, 4) is 0 Å². The Kier molecular flexibility index (Phi) is 5.37. The number of rotatable bonds is 4. The van der Waals surface area contributed by atoms with Crippen LogP contribution < -0.4 is 16.8 Å². The number of nitrogens with two attached hydrogens (primary N) is 2. The van der Waals surface area contributed by atoms with Crippen molar-refractivity contribution >= 4 is 11.8 Å². The van der Waals surface area contributed by atoms with Crippen LogP contribution in [0, 0.1) is 5.92 Å². The number of carbonyl (C=O) groups excluding carboxylic acids is 2. The van der Waals surface area contributed by atoms with Gasteiger partial charge in [-0.3, -0.25) is 14.5 Å². The fraction of sp³-hybridized carbons (Fsp3) is 0.857. The first-order valence-electron chi connectivity index (χ1n) is 7.61. The number of likely N-dealkylation sites (tertiary alicyclic amines) is 1. The van der Waals surface area contributed by atoms with Gasteiger partial charge in [0.1, 0.15) is 0 Å². The molecular formula is C14H26N4O2. The normalized spacial score (nSPS) is 29.1. The fourth-order valence-corrected chi connectivity index (χ4v) is 3.11. The van der Waals surface area contributed by atoms with Crippen molar-refractivity contribution in [1.82, 2.24) is 10.2 Å². The summed E-state index contributed by atoms with van der Waals surface area (Å²) in [5, 5.41) is 3.07. The SMILES string of the molecule is NC(=O)C1CCC(NC(=O)CN2CCC(N)CC2)CC1. The summed E-state index contributed by atoms with van der Waals surface area (Å²) in [6.07, 6.45) is 5.22. The number of primary amides is 1. The first-order chi connectivity index (χ1) is 9.54. The maximum atomic E-state index is 12.0. The van der Waals surface area contributed by atoms with Crippen molar-refractivity contribution in [2.45, 2.75) is 50.6 Å². The fourth-order valence-electron chi connectivity index (χ4n) is 3.11. The van der Waals surface area contributed by atoms with Gasteiger partial charge in [0.2, 0.25) is 11.8 Å². The van der Waals surface area contributed by atoms with Gasteiger partial charge < -0.3 is 16.8 Å². The highest BCUT2D eigenvalue weighted by Crippen LogP contribution is 2.23. The van der Waals surface area contributed by atoms with Gasteiger partial charge in [-0.05, 0) is 38.5 Å². The van der Waals surface area contributed by atoms with Crippen LogP contribution in [0.4, 0.5) is 0 Å². The molecular weight excluding hydrogens is 256 g/mol. The van der Waals surface area contributed by atoms with Gasteiger partial charge >= 0.3 is 0 Å². The number of amides is 2. The maximum absolute atomic E-state index is 12.0. The molecule has 2 fully saturated rings. The summed E-state index contributed by atoms with van der Waals surface area (Å²) < 4.78 is 0. The smallest absolute Gasteiger partial charge is 0.234 e. The van der Waals surface area contributed by atoms with Crippen LogP contribution >= 0.6 is 0 Å². The average molecular weight is 282 g/mol. The van der Waals surface area contributed by atoms with Crippen LogP contribution in [0.3, 0.4) is 0 Å².